The minimum atomic E-state index is -0.874. The minimum Gasteiger partial charge on any atom is -0.368 e. The van der Waals surface area contributed by atoms with Crippen LogP contribution < -0.4 is 11.5 Å². The van der Waals surface area contributed by atoms with Gasteiger partial charge in [-0.25, -0.2) is 0 Å². The molecule has 2 aliphatic rings. The van der Waals surface area contributed by atoms with E-state index in [0.717, 1.165) is 12.0 Å². The SMILES string of the molecule is CC(CC(C)(N)C(N)=O)N1CC2CCC1C2. The Bertz CT molecular complexity index is 290. The molecular formula is C12H23N3O. The van der Waals surface area contributed by atoms with Crippen molar-refractivity contribution in [1.29, 1.82) is 0 Å². The molecule has 0 radical (unpaired) electrons. The van der Waals surface area contributed by atoms with E-state index >= 15 is 0 Å². The molecule has 1 saturated carbocycles. The zero-order valence-electron chi connectivity index (χ0n) is 10.3. The molecule has 1 aliphatic carbocycles. The van der Waals surface area contributed by atoms with Crippen LogP contribution in [0.4, 0.5) is 0 Å². The van der Waals surface area contributed by atoms with Crippen LogP contribution in [0.3, 0.4) is 0 Å². The van der Waals surface area contributed by atoms with Crippen molar-refractivity contribution in [3.8, 4) is 0 Å². The van der Waals surface area contributed by atoms with E-state index in [4.69, 9.17) is 11.5 Å². The van der Waals surface area contributed by atoms with Crippen LogP contribution in [0.1, 0.15) is 39.5 Å². The summed E-state index contributed by atoms with van der Waals surface area (Å²) in [6.07, 6.45) is 4.68. The average Bonchev–Trinajstić information content (AvgIpc) is 2.77. The molecule has 4 unspecified atom stereocenters. The Morgan fingerprint density at radius 1 is 1.56 bits per heavy atom. The first-order valence-electron chi connectivity index (χ1n) is 6.24. The number of likely N-dealkylation sites (tertiary alicyclic amines) is 1. The van der Waals surface area contributed by atoms with Crippen molar-refractivity contribution < 1.29 is 4.79 Å². The van der Waals surface area contributed by atoms with E-state index in [1.54, 1.807) is 6.92 Å². The van der Waals surface area contributed by atoms with Crippen LogP contribution in [0.5, 0.6) is 0 Å². The second-order valence-electron chi connectivity index (χ2n) is 5.86. The number of fused-ring (bicyclic) bond motifs is 2. The van der Waals surface area contributed by atoms with Crippen molar-refractivity contribution in [2.45, 2.75) is 57.2 Å². The van der Waals surface area contributed by atoms with Gasteiger partial charge in [-0.3, -0.25) is 9.69 Å². The average molecular weight is 225 g/mol. The molecule has 4 heteroatoms. The van der Waals surface area contributed by atoms with Gasteiger partial charge in [-0.05, 0) is 45.4 Å². The molecule has 4 nitrogen and oxygen atoms in total. The fourth-order valence-corrected chi connectivity index (χ4v) is 3.33. The number of primary amides is 1. The van der Waals surface area contributed by atoms with E-state index < -0.39 is 11.4 Å². The number of amides is 1. The van der Waals surface area contributed by atoms with Gasteiger partial charge in [0.1, 0.15) is 0 Å². The van der Waals surface area contributed by atoms with Gasteiger partial charge in [0.05, 0.1) is 5.54 Å². The third-order valence-corrected chi connectivity index (χ3v) is 4.30. The highest BCUT2D eigenvalue weighted by Crippen LogP contribution is 2.39. The summed E-state index contributed by atoms with van der Waals surface area (Å²) in [5, 5.41) is 0. The highest BCUT2D eigenvalue weighted by molar-refractivity contribution is 5.83. The van der Waals surface area contributed by atoms with Gasteiger partial charge in [0.15, 0.2) is 0 Å². The van der Waals surface area contributed by atoms with Gasteiger partial charge in [0, 0.05) is 18.6 Å². The molecule has 0 aromatic carbocycles. The number of carbonyl (C=O) groups is 1. The summed E-state index contributed by atoms with van der Waals surface area (Å²) in [7, 11) is 0. The fraction of sp³-hybridized carbons (Fsp3) is 0.917. The molecule has 2 fully saturated rings. The second-order valence-corrected chi connectivity index (χ2v) is 5.86. The van der Waals surface area contributed by atoms with Crippen LogP contribution in [-0.2, 0) is 4.79 Å². The molecule has 0 aromatic heterocycles. The molecule has 0 spiro atoms. The van der Waals surface area contributed by atoms with Gasteiger partial charge in [0.25, 0.3) is 0 Å². The van der Waals surface area contributed by atoms with Gasteiger partial charge in [-0.1, -0.05) is 0 Å². The number of rotatable bonds is 4. The Morgan fingerprint density at radius 2 is 2.25 bits per heavy atom. The predicted molar refractivity (Wildman–Crippen MR) is 63.7 cm³/mol. The lowest BCUT2D eigenvalue weighted by Crippen LogP contribution is -2.54. The van der Waals surface area contributed by atoms with E-state index in [2.05, 4.69) is 11.8 Å². The number of piperidine rings is 1. The predicted octanol–water partition coefficient (Wildman–Crippen LogP) is 0.452. The summed E-state index contributed by atoms with van der Waals surface area (Å²) in [4.78, 5) is 13.7. The molecule has 1 aliphatic heterocycles. The summed E-state index contributed by atoms with van der Waals surface area (Å²) in [5.41, 5.74) is 10.4. The lowest BCUT2D eigenvalue weighted by Gasteiger charge is -2.36. The largest absolute Gasteiger partial charge is 0.368 e. The van der Waals surface area contributed by atoms with Crippen molar-refractivity contribution in [2.75, 3.05) is 6.54 Å². The highest BCUT2D eigenvalue weighted by atomic mass is 16.1. The summed E-state index contributed by atoms with van der Waals surface area (Å²) < 4.78 is 0. The molecule has 1 amide bonds. The van der Waals surface area contributed by atoms with Gasteiger partial charge in [-0.2, -0.15) is 0 Å². The first kappa shape index (κ1) is 11.9. The maximum atomic E-state index is 11.2. The third-order valence-electron chi connectivity index (χ3n) is 4.30. The normalized spacial score (nSPS) is 34.9. The van der Waals surface area contributed by atoms with Gasteiger partial charge < -0.3 is 11.5 Å². The van der Waals surface area contributed by atoms with Crippen LogP contribution in [0.25, 0.3) is 0 Å². The molecule has 2 bridgehead atoms. The molecule has 1 heterocycles. The van der Waals surface area contributed by atoms with Crippen LogP contribution >= 0.6 is 0 Å². The van der Waals surface area contributed by atoms with Crippen LogP contribution in [-0.4, -0.2) is 35.0 Å². The van der Waals surface area contributed by atoms with Crippen molar-refractivity contribution >= 4 is 5.91 Å². The zero-order chi connectivity index (χ0) is 11.9. The van der Waals surface area contributed by atoms with Crippen molar-refractivity contribution in [3.63, 3.8) is 0 Å². The Morgan fingerprint density at radius 3 is 2.69 bits per heavy atom. The first-order chi connectivity index (χ1) is 7.40. The highest BCUT2D eigenvalue weighted by Gasteiger charge is 2.41. The number of nitrogens with zero attached hydrogens (tertiary/aromatic N) is 1. The number of hydrogen-bond acceptors (Lipinski definition) is 3. The second kappa shape index (κ2) is 4.00. The summed E-state index contributed by atoms with van der Waals surface area (Å²) in [6, 6.07) is 1.08. The standard InChI is InChI=1S/C12H23N3O/c1-8(6-12(2,14)11(13)16)15-7-9-3-4-10(15)5-9/h8-10H,3-7,14H2,1-2H3,(H2,13,16). The molecule has 4 N–H and O–H groups in total. The van der Waals surface area contributed by atoms with Gasteiger partial charge >= 0.3 is 0 Å². The Labute approximate surface area is 97.3 Å². The lowest BCUT2D eigenvalue weighted by atomic mass is 9.92. The molecule has 92 valence electrons. The molecule has 4 atom stereocenters. The molecule has 1 saturated heterocycles. The third kappa shape index (κ3) is 2.09. The Hall–Kier alpha value is -0.610. The number of nitrogens with two attached hydrogens (primary N) is 2. The molecular weight excluding hydrogens is 202 g/mol. The van der Waals surface area contributed by atoms with Crippen molar-refractivity contribution in [3.05, 3.63) is 0 Å². The smallest absolute Gasteiger partial charge is 0.237 e. The summed E-state index contributed by atoms with van der Waals surface area (Å²) in [6.45, 7) is 5.08. The van der Waals surface area contributed by atoms with Crippen LogP contribution in [0.15, 0.2) is 0 Å². The van der Waals surface area contributed by atoms with Crippen molar-refractivity contribution in [2.24, 2.45) is 17.4 Å². The van der Waals surface area contributed by atoms with Crippen LogP contribution in [0, 0.1) is 5.92 Å². The van der Waals surface area contributed by atoms with Crippen molar-refractivity contribution in [1.82, 2.24) is 4.90 Å². The lowest BCUT2D eigenvalue weighted by molar-refractivity contribution is -0.123. The maximum Gasteiger partial charge on any atom is 0.237 e. The first-order valence-corrected chi connectivity index (χ1v) is 6.24. The van der Waals surface area contributed by atoms with E-state index in [-0.39, 0.29) is 0 Å². The quantitative estimate of drug-likeness (QED) is 0.729. The zero-order valence-corrected chi connectivity index (χ0v) is 10.3. The van der Waals surface area contributed by atoms with Crippen LogP contribution in [0.2, 0.25) is 0 Å². The van der Waals surface area contributed by atoms with E-state index in [0.29, 0.717) is 12.5 Å². The van der Waals surface area contributed by atoms with E-state index in [9.17, 15) is 4.79 Å². The fourth-order valence-electron chi connectivity index (χ4n) is 3.33. The Kier molecular flexibility index (Phi) is 2.97. The number of carbonyl (C=O) groups excluding carboxylic acids is 1. The monoisotopic (exact) mass is 225 g/mol. The molecule has 0 aromatic rings. The number of hydrogen-bond donors (Lipinski definition) is 2. The van der Waals surface area contributed by atoms with Gasteiger partial charge in [0.2, 0.25) is 5.91 Å². The molecule has 2 rings (SSSR count). The minimum absolute atomic E-state index is 0.359. The topological polar surface area (TPSA) is 72.3 Å². The Balaban J connectivity index is 1.93. The molecule has 16 heavy (non-hydrogen) atoms. The van der Waals surface area contributed by atoms with E-state index in [1.165, 1.54) is 25.8 Å². The summed E-state index contributed by atoms with van der Waals surface area (Å²) >= 11 is 0. The van der Waals surface area contributed by atoms with Gasteiger partial charge in [-0.15, -0.1) is 0 Å². The van der Waals surface area contributed by atoms with E-state index in [1.807, 2.05) is 0 Å². The maximum absolute atomic E-state index is 11.2. The summed E-state index contributed by atoms with van der Waals surface area (Å²) in [5.74, 6) is 0.480.